The van der Waals surface area contributed by atoms with Crippen molar-refractivity contribution in [2.75, 3.05) is 7.11 Å². The van der Waals surface area contributed by atoms with E-state index >= 15 is 0 Å². The lowest BCUT2D eigenvalue weighted by Crippen LogP contribution is -2.55. The van der Waals surface area contributed by atoms with Crippen molar-refractivity contribution in [3.63, 3.8) is 0 Å². The molecule has 0 fully saturated rings. The first-order valence-corrected chi connectivity index (χ1v) is 6.17. The van der Waals surface area contributed by atoms with E-state index in [4.69, 9.17) is 10.5 Å². The molecule has 0 radical (unpaired) electrons. The number of nitrogens with one attached hydrogen (secondary N) is 2. The fourth-order valence-electron chi connectivity index (χ4n) is 2.32. The summed E-state index contributed by atoms with van der Waals surface area (Å²) in [5, 5.41) is 3.45. The molecule has 1 aromatic heterocycles. The zero-order chi connectivity index (χ0) is 14.8. The molecule has 0 bridgehead atoms. The lowest BCUT2D eigenvalue weighted by molar-refractivity contribution is -0.147. The number of primary amides is 1. The third-order valence-corrected chi connectivity index (χ3v) is 3.25. The standard InChI is InChI=1S/C14H17N3O3/c1-14(12(18)20-2,17-13(15)19)7-9-8-16-11-6-4-3-5-10(9)11/h3-6,8,16H,7H2,1-2H3,(H3,15,17,19)/t14-/m0/s1. The van der Waals surface area contributed by atoms with Gasteiger partial charge >= 0.3 is 12.0 Å². The van der Waals surface area contributed by atoms with Crippen LogP contribution in [0.1, 0.15) is 12.5 Å². The van der Waals surface area contributed by atoms with Crippen molar-refractivity contribution in [1.82, 2.24) is 10.3 Å². The van der Waals surface area contributed by atoms with Crippen molar-refractivity contribution in [3.8, 4) is 0 Å². The normalized spacial score (nSPS) is 13.7. The molecule has 106 valence electrons. The van der Waals surface area contributed by atoms with Crippen LogP contribution in [0, 0.1) is 0 Å². The first-order chi connectivity index (χ1) is 9.46. The molecule has 1 aromatic carbocycles. The minimum Gasteiger partial charge on any atom is -0.467 e. The first-order valence-electron chi connectivity index (χ1n) is 6.17. The molecule has 0 saturated heterocycles. The highest BCUT2D eigenvalue weighted by Gasteiger charge is 2.36. The average molecular weight is 275 g/mol. The van der Waals surface area contributed by atoms with Crippen molar-refractivity contribution < 1.29 is 14.3 Å². The van der Waals surface area contributed by atoms with Crippen LogP contribution in [0.3, 0.4) is 0 Å². The number of aromatic nitrogens is 1. The predicted octanol–water partition coefficient (Wildman–Crippen LogP) is 1.31. The van der Waals surface area contributed by atoms with Gasteiger partial charge in [0.15, 0.2) is 0 Å². The molecule has 6 nitrogen and oxygen atoms in total. The summed E-state index contributed by atoms with van der Waals surface area (Å²) in [5.41, 5.74) is 5.82. The molecule has 20 heavy (non-hydrogen) atoms. The average Bonchev–Trinajstić information content (AvgIpc) is 2.80. The quantitative estimate of drug-likeness (QED) is 0.734. The third kappa shape index (κ3) is 2.59. The van der Waals surface area contributed by atoms with Gasteiger partial charge in [-0.15, -0.1) is 0 Å². The number of amides is 2. The van der Waals surface area contributed by atoms with Gasteiger partial charge in [0.25, 0.3) is 0 Å². The Hall–Kier alpha value is -2.50. The van der Waals surface area contributed by atoms with Gasteiger partial charge in [-0.3, -0.25) is 0 Å². The molecule has 0 saturated carbocycles. The van der Waals surface area contributed by atoms with Crippen LogP contribution in [-0.4, -0.2) is 29.6 Å². The molecule has 1 heterocycles. The number of esters is 1. The minimum atomic E-state index is -1.20. The maximum atomic E-state index is 11.9. The van der Waals surface area contributed by atoms with Crippen LogP contribution in [0.4, 0.5) is 4.79 Å². The molecule has 0 unspecified atom stereocenters. The second-order valence-electron chi connectivity index (χ2n) is 4.85. The zero-order valence-electron chi connectivity index (χ0n) is 11.4. The van der Waals surface area contributed by atoms with Crippen molar-refractivity contribution >= 4 is 22.9 Å². The van der Waals surface area contributed by atoms with Gasteiger partial charge in [-0.25, -0.2) is 9.59 Å². The Bertz CT molecular complexity index is 650. The van der Waals surface area contributed by atoms with Crippen LogP contribution < -0.4 is 11.1 Å². The second kappa shape index (κ2) is 5.24. The number of aromatic amines is 1. The molecule has 0 aliphatic rings. The monoisotopic (exact) mass is 275 g/mol. The van der Waals surface area contributed by atoms with Gasteiger partial charge in [0.05, 0.1) is 7.11 Å². The number of carbonyl (C=O) groups is 2. The Labute approximate surface area is 116 Å². The Morgan fingerprint density at radius 3 is 2.75 bits per heavy atom. The van der Waals surface area contributed by atoms with Gasteiger partial charge in [-0.2, -0.15) is 0 Å². The van der Waals surface area contributed by atoms with Crippen LogP contribution in [-0.2, 0) is 16.0 Å². The number of fused-ring (bicyclic) bond motifs is 1. The lowest BCUT2D eigenvalue weighted by atomic mass is 9.92. The number of hydrogen-bond donors (Lipinski definition) is 3. The van der Waals surface area contributed by atoms with Crippen molar-refractivity contribution in [3.05, 3.63) is 36.0 Å². The summed E-state index contributed by atoms with van der Waals surface area (Å²) in [5.74, 6) is -0.540. The van der Waals surface area contributed by atoms with Crippen molar-refractivity contribution in [1.29, 1.82) is 0 Å². The van der Waals surface area contributed by atoms with Gasteiger partial charge in [0.2, 0.25) is 0 Å². The highest BCUT2D eigenvalue weighted by molar-refractivity contribution is 5.89. The number of ether oxygens (including phenoxy) is 1. The van der Waals surface area contributed by atoms with E-state index < -0.39 is 17.5 Å². The number of para-hydroxylation sites is 1. The van der Waals surface area contributed by atoms with Gasteiger partial charge in [-0.05, 0) is 18.6 Å². The van der Waals surface area contributed by atoms with Gasteiger partial charge < -0.3 is 20.8 Å². The summed E-state index contributed by atoms with van der Waals surface area (Å²) in [6.07, 6.45) is 2.10. The predicted molar refractivity (Wildman–Crippen MR) is 75.1 cm³/mol. The number of H-pyrrole nitrogens is 1. The van der Waals surface area contributed by atoms with E-state index in [2.05, 4.69) is 10.3 Å². The highest BCUT2D eigenvalue weighted by Crippen LogP contribution is 2.23. The molecule has 6 heteroatoms. The van der Waals surface area contributed by atoms with E-state index in [9.17, 15) is 9.59 Å². The second-order valence-corrected chi connectivity index (χ2v) is 4.85. The van der Waals surface area contributed by atoms with Crippen LogP contribution in [0.15, 0.2) is 30.5 Å². The Morgan fingerprint density at radius 1 is 1.40 bits per heavy atom. The SMILES string of the molecule is COC(=O)[C@](C)(Cc1c[nH]c2ccccc12)NC(N)=O. The summed E-state index contributed by atoms with van der Waals surface area (Å²) in [6.45, 7) is 1.59. The van der Waals surface area contributed by atoms with Crippen molar-refractivity contribution in [2.24, 2.45) is 5.73 Å². The Kier molecular flexibility index (Phi) is 3.65. The smallest absolute Gasteiger partial charge is 0.331 e. The van der Waals surface area contributed by atoms with Gasteiger partial charge in [0.1, 0.15) is 5.54 Å². The zero-order valence-corrected chi connectivity index (χ0v) is 11.4. The highest BCUT2D eigenvalue weighted by atomic mass is 16.5. The van der Waals surface area contributed by atoms with E-state index in [0.717, 1.165) is 16.5 Å². The number of rotatable bonds is 4. The molecule has 0 spiro atoms. The largest absolute Gasteiger partial charge is 0.467 e. The number of nitrogens with two attached hydrogens (primary N) is 1. The number of hydrogen-bond acceptors (Lipinski definition) is 3. The summed E-state index contributed by atoms with van der Waals surface area (Å²) in [4.78, 5) is 26.2. The maximum Gasteiger partial charge on any atom is 0.331 e. The topological polar surface area (TPSA) is 97.2 Å². The van der Waals surface area contributed by atoms with Gasteiger partial charge in [-0.1, -0.05) is 18.2 Å². The number of benzene rings is 1. The maximum absolute atomic E-state index is 11.9. The number of carbonyl (C=O) groups excluding carboxylic acids is 2. The van der Waals surface area contributed by atoms with Crippen LogP contribution in [0.5, 0.6) is 0 Å². The number of urea groups is 1. The Morgan fingerprint density at radius 2 is 2.10 bits per heavy atom. The fourth-order valence-corrected chi connectivity index (χ4v) is 2.32. The summed E-state index contributed by atoms with van der Waals surface area (Å²) in [6, 6.07) is 6.96. The molecule has 1 atom stereocenters. The minimum absolute atomic E-state index is 0.284. The molecule has 2 aromatic rings. The van der Waals surface area contributed by atoms with Gasteiger partial charge in [0, 0.05) is 23.5 Å². The summed E-state index contributed by atoms with van der Waals surface area (Å²) < 4.78 is 4.76. The van der Waals surface area contributed by atoms with E-state index in [1.54, 1.807) is 6.92 Å². The van der Waals surface area contributed by atoms with Crippen LogP contribution in [0.2, 0.25) is 0 Å². The molecular formula is C14H17N3O3. The molecule has 0 aliphatic carbocycles. The van der Waals surface area contributed by atoms with E-state index in [1.807, 2.05) is 30.5 Å². The molecule has 4 N–H and O–H groups in total. The molecular weight excluding hydrogens is 258 g/mol. The van der Waals surface area contributed by atoms with E-state index in [-0.39, 0.29) is 6.42 Å². The van der Waals surface area contributed by atoms with Crippen molar-refractivity contribution in [2.45, 2.75) is 18.9 Å². The lowest BCUT2D eigenvalue weighted by Gasteiger charge is -2.26. The number of methoxy groups -OCH3 is 1. The van der Waals surface area contributed by atoms with Crippen LogP contribution in [0.25, 0.3) is 10.9 Å². The summed E-state index contributed by atoms with van der Waals surface area (Å²) >= 11 is 0. The third-order valence-electron chi connectivity index (χ3n) is 3.25. The van der Waals surface area contributed by atoms with E-state index in [0.29, 0.717) is 0 Å². The fraction of sp³-hybridized carbons (Fsp3) is 0.286. The van der Waals surface area contributed by atoms with Crippen LogP contribution >= 0.6 is 0 Å². The Balaban J connectivity index is 2.37. The molecule has 2 rings (SSSR count). The molecule has 2 amide bonds. The van der Waals surface area contributed by atoms with E-state index in [1.165, 1.54) is 7.11 Å². The first kappa shape index (κ1) is 13.9. The summed E-state index contributed by atoms with van der Waals surface area (Å²) in [7, 11) is 1.28. The molecule has 0 aliphatic heterocycles.